The van der Waals surface area contributed by atoms with E-state index in [4.69, 9.17) is 9.47 Å². The summed E-state index contributed by atoms with van der Waals surface area (Å²) >= 11 is 0. The van der Waals surface area contributed by atoms with E-state index in [1.54, 1.807) is 25.3 Å². The summed E-state index contributed by atoms with van der Waals surface area (Å²) < 4.78 is 10.7. The van der Waals surface area contributed by atoms with Crippen LogP contribution in [0.2, 0.25) is 0 Å². The number of anilines is 1. The number of benzene rings is 3. The maximum Gasteiger partial charge on any atom is 0.245 e. The van der Waals surface area contributed by atoms with E-state index in [1.807, 2.05) is 48.5 Å². The van der Waals surface area contributed by atoms with Gasteiger partial charge in [-0.25, -0.2) is 4.90 Å². The molecule has 0 fully saturated rings. The fourth-order valence-corrected chi connectivity index (χ4v) is 4.53. The second kappa shape index (κ2) is 6.48. The molecule has 2 bridgehead atoms. The Kier molecular flexibility index (Phi) is 3.91. The van der Waals surface area contributed by atoms with Gasteiger partial charge in [-0.1, -0.05) is 48.5 Å². The van der Waals surface area contributed by atoms with Crippen molar-refractivity contribution >= 4 is 17.5 Å². The minimum atomic E-state index is -0.516. The van der Waals surface area contributed by atoms with Crippen molar-refractivity contribution in [3.8, 4) is 11.5 Å². The van der Waals surface area contributed by atoms with E-state index in [2.05, 4.69) is 0 Å². The SMILES string of the molecule is COc1ccc(N2C(=O)C3c4ccccc4C(C2=O)c2ccccc23)cc1OC. The van der Waals surface area contributed by atoms with E-state index in [-0.39, 0.29) is 11.8 Å². The minimum absolute atomic E-state index is 0.248. The molecule has 3 aromatic rings. The lowest BCUT2D eigenvalue weighted by Crippen LogP contribution is -2.38. The molecule has 144 valence electrons. The van der Waals surface area contributed by atoms with E-state index in [0.717, 1.165) is 22.3 Å². The molecule has 0 saturated heterocycles. The van der Waals surface area contributed by atoms with Crippen molar-refractivity contribution in [2.24, 2.45) is 0 Å². The zero-order valence-electron chi connectivity index (χ0n) is 16.1. The van der Waals surface area contributed by atoms with Crippen LogP contribution in [0, 0.1) is 0 Å². The second-order valence-corrected chi connectivity index (χ2v) is 7.18. The number of amides is 2. The Morgan fingerprint density at radius 1 is 0.655 bits per heavy atom. The number of carbonyl (C=O) groups excluding carboxylic acids is 2. The second-order valence-electron chi connectivity index (χ2n) is 7.18. The Balaban J connectivity index is 1.74. The van der Waals surface area contributed by atoms with Crippen LogP contribution in [-0.2, 0) is 9.59 Å². The quantitative estimate of drug-likeness (QED) is 0.643. The number of hydrogen-bond acceptors (Lipinski definition) is 4. The zero-order valence-corrected chi connectivity index (χ0v) is 16.1. The van der Waals surface area contributed by atoms with Gasteiger partial charge < -0.3 is 9.47 Å². The molecule has 3 aliphatic rings. The predicted molar refractivity (Wildman–Crippen MR) is 109 cm³/mol. The molecule has 5 heteroatoms. The van der Waals surface area contributed by atoms with Crippen LogP contribution < -0.4 is 14.4 Å². The number of carbonyl (C=O) groups is 2. The predicted octanol–water partition coefficient (Wildman–Crippen LogP) is 3.85. The molecule has 6 rings (SSSR count). The molecule has 0 unspecified atom stereocenters. The van der Waals surface area contributed by atoms with Gasteiger partial charge >= 0.3 is 0 Å². The lowest BCUT2D eigenvalue weighted by molar-refractivity contribution is -0.126. The molecule has 0 aromatic heterocycles. The van der Waals surface area contributed by atoms with Crippen molar-refractivity contribution in [1.82, 2.24) is 0 Å². The van der Waals surface area contributed by atoms with Gasteiger partial charge in [0.25, 0.3) is 0 Å². The molecule has 0 N–H and O–H groups in total. The van der Waals surface area contributed by atoms with Crippen molar-refractivity contribution in [3.63, 3.8) is 0 Å². The van der Waals surface area contributed by atoms with Crippen molar-refractivity contribution in [2.45, 2.75) is 11.8 Å². The van der Waals surface area contributed by atoms with Crippen LogP contribution in [0.5, 0.6) is 11.5 Å². The summed E-state index contributed by atoms with van der Waals surface area (Å²) in [6, 6.07) is 20.6. The van der Waals surface area contributed by atoms with Gasteiger partial charge in [0.15, 0.2) is 11.5 Å². The van der Waals surface area contributed by atoms with Crippen molar-refractivity contribution in [3.05, 3.63) is 89.0 Å². The summed E-state index contributed by atoms with van der Waals surface area (Å²) in [7, 11) is 3.08. The monoisotopic (exact) mass is 385 g/mol. The maximum absolute atomic E-state index is 13.7. The highest BCUT2D eigenvalue weighted by Gasteiger charge is 2.48. The first-order valence-corrected chi connectivity index (χ1v) is 9.43. The normalized spacial score (nSPS) is 19.4. The molecule has 3 aromatic carbocycles. The third-order valence-corrected chi connectivity index (χ3v) is 5.80. The van der Waals surface area contributed by atoms with Crippen molar-refractivity contribution in [2.75, 3.05) is 19.1 Å². The Labute approximate surface area is 168 Å². The Bertz CT molecular complexity index is 1040. The van der Waals surface area contributed by atoms with Crippen LogP contribution in [0.4, 0.5) is 5.69 Å². The highest BCUT2D eigenvalue weighted by Crippen LogP contribution is 2.49. The van der Waals surface area contributed by atoms with Gasteiger partial charge in [0.05, 0.1) is 31.7 Å². The van der Waals surface area contributed by atoms with Crippen LogP contribution in [0.1, 0.15) is 34.1 Å². The minimum Gasteiger partial charge on any atom is -0.493 e. The van der Waals surface area contributed by atoms with Gasteiger partial charge in [-0.2, -0.15) is 0 Å². The number of methoxy groups -OCH3 is 2. The molecule has 2 heterocycles. The molecule has 0 spiro atoms. The van der Waals surface area contributed by atoms with Gasteiger partial charge in [0.2, 0.25) is 11.8 Å². The molecule has 0 saturated carbocycles. The average Bonchev–Trinajstić information content (AvgIpc) is 2.92. The average molecular weight is 385 g/mol. The summed E-state index contributed by atoms with van der Waals surface area (Å²) in [5, 5.41) is 0. The van der Waals surface area contributed by atoms with Crippen molar-refractivity contribution < 1.29 is 19.1 Å². The summed E-state index contributed by atoms with van der Waals surface area (Å²) in [4.78, 5) is 28.8. The summed E-state index contributed by atoms with van der Waals surface area (Å²) in [5.74, 6) is -0.515. The molecule has 0 atom stereocenters. The highest BCUT2D eigenvalue weighted by atomic mass is 16.5. The number of ether oxygens (including phenoxy) is 2. The fraction of sp³-hybridized carbons (Fsp3) is 0.167. The smallest absolute Gasteiger partial charge is 0.245 e. The zero-order chi connectivity index (χ0) is 20.1. The van der Waals surface area contributed by atoms with Gasteiger partial charge in [0.1, 0.15) is 0 Å². The van der Waals surface area contributed by atoms with E-state index in [0.29, 0.717) is 17.2 Å². The van der Waals surface area contributed by atoms with Crippen LogP contribution in [-0.4, -0.2) is 26.0 Å². The third-order valence-electron chi connectivity index (χ3n) is 5.80. The van der Waals surface area contributed by atoms with Crippen LogP contribution >= 0.6 is 0 Å². The molecular formula is C24H19NO4. The van der Waals surface area contributed by atoms with E-state index >= 15 is 0 Å². The Hall–Kier alpha value is -3.60. The topological polar surface area (TPSA) is 55.8 Å². The first-order chi connectivity index (χ1) is 14.2. The van der Waals surface area contributed by atoms with Gasteiger partial charge in [0, 0.05) is 6.07 Å². The number of imide groups is 1. The van der Waals surface area contributed by atoms with E-state index in [1.165, 1.54) is 12.0 Å². The molecular weight excluding hydrogens is 366 g/mol. The van der Waals surface area contributed by atoms with Gasteiger partial charge in [-0.05, 0) is 34.4 Å². The summed E-state index contributed by atoms with van der Waals surface area (Å²) in [5.41, 5.74) is 4.08. The van der Waals surface area contributed by atoms with Crippen molar-refractivity contribution in [1.29, 1.82) is 0 Å². The summed E-state index contributed by atoms with van der Waals surface area (Å²) in [6.07, 6.45) is 0. The number of nitrogens with zero attached hydrogens (tertiary/aromatic N) is 1. The maximum atomic E-state index is 13.7. The fourth-order valence-electron chi connectivity index (χ4n) is 4.53. The van der Waals surface area contributed by atoms with Crippen LogP contribution in [0.15, 0.2) is 66.7 Å². The largest absolute Gasteiger partial charge is 0.493 e. The van der Waals surface area contributed by atoms with Crippen LogP contribution in [0.25, 0.3) is 0 Å². The lowest BCUT2D eigenvalue weighted by atomic mass is 9.73. The standard InChI is InChI=1S/C24H19NO4/c1-28-19-12-11-14(13-20(19)29-2)25-23(26)21-15-7-3-4-8-16(15)22(24(25)27)18-10-6-5-9-17(18)21/h3-13,21-22H,1-2H3. The van der Waals surface area contributed by atoms with E-state index < -0.39 is 11.8 Å². The molecule has 1 aliphatic carbocycles. The number of fused-ring (bicyclic) bond motifs is 2. The first kappa shape index (κ1) is 17.5. The third kappa shape index (κ3) is 2.40. The summed E-state index contributed by atoms with van der Waals surface area (Å²) in [6.45, 7) is 0. The van der Waals surface area contributed by atoms with Crippen LogP contribution in [0.3, 0.4) is 0 Å². The Morgan fingerprint density at radius 3 is 1.52 bits per heavy atom. The molecule has 2 amide bonds. The molecule has 2 aliphatic heterocycles. The highest BCUT2D eigenvalue weighted by molar-refractivity contribution is 6.23. The molecule has 0 radical (unpaired) electrons. The molecule has 5 nitrogen and oxygen atoms in total. The Morgan fingerprint density at radius 2 is 1.10 bits per heavy atom. The number of rotatable bonds is 3. The van der Waals surface area contributed by atoms with E-state index in [9.17, 15) is 9.59 Å². The van der Waals surface area contributed by atoms with Gasteiger partial charge in [-0.3, -0.25) is 9.59 Å². The number of hydrogen-bond donors (Lipinski definition) is 0. The van der Waals surface area contributed by atoms with Gasteiger partial charge in [-0.15, -0.1) is 0 Å². The lowest BCUT2D eigenvalue weighted by Gasteiger charge is -2.27. The molecule has 29 heavy (non-hydrogen) atoms. The first-order valence-electron chi connectivity index (χ1n) is 9.43.